The molecule has 0 aliphatic carbocycles. The highest BCUT2D eigenvalue weighted by atomic mass is 35.5. The van der Waals surface area contributed by atoms with Crippen molar-refractivity contribution >= 4 is 40.1 Å². The van der Waals surface area contributed by atoms with Crippen LogP contribution < -0.4 is 10.2 Å². The van der Waals surface area contributed by atoms with Crippen LogP contribution in [-0.4, -0.2) is 69.8 Å². The molecular weight excluding hydrogens is 406 g/mol. The van der Waals surface area contributed by atoms with Gasteiger partial charge in [-0.2, -0.15) is 0 Å². The lowest BCUT2D eigenvalue weighted by Crippen LogP contribution is -2.57. The highest BCUT2D eigenvalue weighted by Gasteiger charge is 2.30. The van der Waals surface area contributed by atoms with Gasteiger partial charge in [-0.05, 0) is 25.1 Å². The number of hydrogen-bond acceptors (Lipinski definition) is 6. The molecule has 0 bridgehead atoms. The number of benzene rings is 1. The van der Waals surface area contributed by atoms with Crippen molar-refractivity contribution in [2.24, 2.45) is 0 Å². The maximum Gasteiger partial charge on any atom is 0.318 e. The molecule has 1 saturated heterocycles. The smallest absolute Gasteiger partial charge is 0.318 e. The molecule has 1 aliphatic rings. The summed E-state index contributed by atoms with van der Waals surface area (Å²) in [7, 11) is 1.62. The van der Waals surface area contributed by atoms with Gasteiger partial charge in [-0.25, -0.2) is 14.2 Å². The molecule has 30 heavy (non-hydrogen) atoms. The fourth-order valence-corrected chi connectivity index (χ4v) is 3.95. The van der Waals surface area contributed by atoms with Crippen LogP contribution >= 0.6 is 11.6 Å². The van der Waals surface area contributed by atoms with E-state index in [1.807, 2.05) is 34.4 Å². The predicted octanol–water partition coefficient (Wildman–Crippen LogP) is 2.48. The second-order valence-electron chi connectivity index (χ2n) is 7.24. The van der Waals surface area contributed by atoms with E-state index in [0.29, 0.717) is 49.3 Å². The van der Waals surface area contributed by atoms with Gasteiger partial charge in [0.15, 0.2) is 11.5 Å². The van der Waals surface area contributed by atoms with E-state index in [2.05, 4.69) is 27.0 Å². The van der Waals surface area contributed by atoms with Crippen LogP contribution in [0.1, 0.15) is 12.7 Å². The van der Waals surface area contributed by atoms with Crippen LogP contribution in [-0.2, 0) is 11.3 Å². The molecule has 2 amide bonds. The molecule has 2 aromatic heterocycles. The van der Waals surface area contributed by atoms with Crippen LogP contribution in [0.4, 0.5) is 10.7 Å². The van der Waals surface area contributed by atoms with E-state index in [0.717, 1.165) is 16.9 Å². The van der Waals surface area contributed by atoms with E-state index in [1.54, 1.807) is 13.2 Å². The average molecular weight is 430 g/mol. The first kappa shape index (κ1) is 20.4. The Labute approximate surface area is 179 Å². The van der Waals surface area contributed by atoms with Crippen LogP contribution in [0, 0.1) is 0 Å². The quantitative estimate of drug-likeness (QED) is 0.627. The van der Waals surface area contributed by atoms with Crippen LogP contribution in [0.2, 0.25) is 5.02 Å². The molecule has 3 heterocycles. The van der Waals surface area contributed by atoms with Gasteiger partial charge in [0.25, 0.3) is 0 Å². The zero-order chi connectivity index (χ0) is 21.3. The molecule has 0 radical (unpaired) electrons. The highest BCUT2D eigenvalue weighted by Crippen LogP contribution is 2.28. The Morgan fingerprint density at radius 1 is 1.40 bits per heavy atom. The van der Waals surface area contributed by atoms with Gasteiger partial charge in [-0.3, -0.25) is 0 Å². The Bertz CT molecular complexity index is 1100. The molecule has 9 nitrogen and oxygen atoms in total. The molecule has 1 atom stereocenters. The van der Waals surface area contributed by atoms with Crippen molar-refractivity contribution in [1.82, 2.24) is 29.8 Å². The minimum absolute atomic E-state index is 0.00201. The Morgan fingerprint density at radius 2 is 2.23 bits per heavy atom. The maximum atomic E-state index is 12.4. The van der Waals surface area contributed by atoms with E-state index < -0.39 is 0 Å². The average Bonchev–Trinajstić information content (AvgIpc) is 3.15. The number of carbonyl (C=O) groups excluding carboxylic acids is 1. The zero-order valence-electron chi connectivity index (χ0n) is 17.0. The zero-order valence-corrected chi connectivity index (χ0v) is 17.8. The number of fused-ring (bicyclic) bond motifs is 3. The van der Waals surface area contributed by atoms with Crippen molar-refractivity contribution in [2.75, 3.05) is 38.2 Å². The van der Waals surface area contributed by atoms with Gasteiger partial charge >= 0.3 is 6.03 Å². The summed E-state index contributed by atoms with van der Waals surface area (Å²) >= 11 is 6.21. The Hall–Kier alpha value is -2.91. The predicted molar refractivity (Wildman–Crippen MR) is 116 cm³/mol. The van der Waals surface area contributed by atoms with Gasteiger partial charge in [0.1, 0.15) is 6.61 Å². The number of hydrogen-bond donors (Lipinski definition) is 1. The number of halogens is 1. The summed E-state index contributed by atoms with van der Waals surface area (Å²) in [6, 6.07) is 5.46. The molecule has 0 spiro atoms. The molecule has 10 heteroatoms. The minimum Gasteiger partial charge on any atom is -0.377 e. The molecule has 1 aromatic carbocycles. The van der Waals surface area contributed by atoms with E-state index in [9.17, 15) is 4.79 Å². The number of nitrogens with one attached hydrogen (secondary N) is 1. The summed E-state index contributed by atoms with van der Waals surface area (Å²) in [5.41, 5.74) is 1.46. The van der Waals surface area contributed by atoms with Crippen LogP contribution in [0.3, 0.4) is 0 Å². The maximum absolute atomic E-state index is 12.4. The first-order chi connectivity index (χ1) is 14.5. The number of aromatic nitrogens is 4. The third-order valence-corrected chi connectivity index (χ3v) is 5.43. The third-order valence-electron chi connectivity index (χ3n) is 5.19. The minimum atomic E-state index is -0.0881. The standard InChI is InChI=1S/C20H24ClN7O2/c1-4-7-22-20(29)27-9-8-26(11-13(27)2)19-23-16-10-14(21)5-6-15(16)18-25-24-17(12-30-3)28(18)19/h4-6,10,13H,1,7-9,11-12H2,2-3H3,(H,22,29)/t13-/m1/s1. The summed E-state index contributed by atoms with van der Waals surface area (Å²) in [4.78, 5) is 21.3. The van der Waals surface area contributed by atoms with E-state index in [1.165, 1.54) is 0 Å². The molecule has 0 saturated carbocycles. The first-order valence-corrected chi connectivity index (χ1v) is 10.1. The lowest BCUT2D eigenvalue weighted by Gasteiger charge is -2.40. The number of urea groups is 1. The summed E-state index contributed by atoms with van der Waals surface area (Å²) in [6.45, 7) is 8.25. The topological polar surface area (TPSA) is 87.9 Å². The number of rotatable bonds is 5. The first-order valence-electron chi connectivity index (χ1n) is 9.76. The number of anilines is 1. The van der Waals surface area contributed by atoms with E-state index >= 15 is 0 Å². The number of methoxy groups -OCH3 is 1. The van der Waals surface area contributed by atoms with Crippen molar-refractivity contribution in [3.05, 3.63) is 41.7 Å². The molecule has 0 unspecified atom stereocenters. The number of carbonyl (C=O) groups is 1. The second-order valence-corrected chi connectivity index (χ2v) is 7.68. The van der Waals surface area contributed by atoms with E-state index in [4.69, 9.17) is 21.3 Å². The fourth-order valence-electron chi connectivity index (χ4n) is 3.78. The molecule has 1 aliphatic heterocycles. The van der Waals surface area contributed by atoms with Crippen LogP contribution in [0.25, 0.3) is 16.6 Å². The van der Waals surface area contributed by atoms with Gasteiger partial charge in [0.2, 0.25) is 5.95 Å². The summed E-state index contributed by atoms with van der Waals surface area (Å²) in [5.74, 6) is 1.39. The molecule has 4 rings (SSSR count). The summed E-state index contributed by atoms with van der Waals surface area (Å²) < 4.78 is 7.25. The number of nitrogens with zero attached hydrogens (tertiary/aromatic N) is 6. The summed E-state index contributed by atoms with van der Waals surface area (Å²) in [6.07, 6.45) is 1.67. The Morgan fingerprint density at radius 3 is 2.97 bits per heavy atom. The van der Waals surface area contributed by atoms with Crippen molar-refractivity contribution in [1.29, 1.82) is 0 Å². The fraction of sp³-hybridized carbons (Fsp3) is 0.400. The Balaban J connectivity index is 1.73. The largest absolute Gasteiger partial charge is 0.377 e. The number of piperazine rings is 1. The SMILES string of the molecule is C=CCNC(=O)N1CCN(c2nc3cc(Cl)ccc3c3nnc(COC)n23)C[C@H]1C. The Kier molecular flexibility index (Phi) is 5.74. The van der Waals surface area contributed by atoms with Crippen molar-refractivity contribution in [2.45, 2.75) is 19.6 Å². The molecule has 1 N–H and O–H groups in total. The van der Waals surface area contributed by atoms with Crippen molar-refractivity contribution < 1.29 is 9.53 Å². The van der Waals surface area contributed by atoms with Gasteiger partial charge in [-0.15, -0.1) is 16.8 Å². The third kappa shape index (κ3) is 3.66. The number of amides is 2. The second kappa shape index (κ2) is 8.45. The molecule has 1 fully saturated rings. The molecular formula is C20H24ClN7O2. The number of ether oxygens (including phenoxy) is 1. The highest BCUT2D eigenvalue weighted by molar-refractivity contribution is 6.31. The van der Waals surface area contributed by atoms with Crippen molar-refractivity contribution in [3.8, 4) is 0 Å². The summed E-state index contributed by atoms with van der Waals surface area (Å²) in [5, 5.41) is 13.0. The van der Waals surface area contributed by atoms with Crippen LogP contribution in [0.15, 0.2) is 30.9 Å². The lowest BCUT2D eigenvalue weighted by atomic mass is 10.2. The molecule has 158 valence electrons. The van der Waals surface area contributed by atoms with Gasteiger partial charge < -0.3 is 19.9 Å². The van der Waals surface area contributed by atoms with Crippen molar-refractivity contribution in [3.63, 3.8) is 0 Å². The molecule has 3 aromatic rings. The van der Waals surface area contributed by atoms with Gasteiger partial charge in [0.05, 0.1) is 5.52 Å². The lowest BCUT2D eigenvalue weighted by molar-refractivity contribution is 0.171. The van der Waals surface area contributed by atoms with Gasteiger partial charge in [0, 0.05) is 49.7 Å². The monoisotopic (exact) mass is 429 g/mol. The van der Waals surface area contributed by atoms with Crippen LogP contribution in [0.5, 0.6) is 0 Å². The van der Waals surface area contributed by atoms with Gasteiger partial charge in [-0.1, -0.05) is 17.7 Å². The normalized spacial score (nSPS) is 17.0. The van der Waals surface area contributed by atoms with E-state index in [-0.39, 0.29) is 12.1 Å².